The van der Waals surface area contributed by atoms with Crippen molar-refractivity contribution in [1.29, 1.82) is 0 Å². The summed E-state index contributed by atoms with van der Waals surface area (Å²) in [6, 6.07) is 8.78. The standard InChI is InChI=1S/C16H14N4O9S2.3Na/c21-16-15(18-17-10-1-5-12(6-2-10)30(23,24)25)14(9-29-22)19-20(16)11-3-7-13(8-4-11)31(26,27)28;;;/h1-8,19,22H,9H2,(H,23,24,25)(H,26,27,28);;;/q;3*+1/p-3. The van der Waals surface area contributed by atoms with Crippen molar-refractivity contribution in [3.05, 3.63) is 64.6 Å². The number of hydrogen-bond acceptors (Lipinski definition) is 11. The molecule has 1 N–H and O–H groups in total. The van der Waals surface area contributed by atoms with Crippen molar-refractivity contribution >= 4 is 31.6 Å². The molecular formula is C16H11N4Na3O9S2. The van der Waals surface area contributed by atoms with Crippen molar-refractivity contribution < 1.29 is 125 Å². The van der Waals surface area contributed by atoms with Gasteiger partial charge in [-0.2, -0.15) is 5.11 Å². The van der Waals surface area contributed by atoms with Crippen LogP contribution in [-0.4, -0.2) is 35.7 Å². The molecule has 3 rings (SSSR count). The summed E-state index contributed by atoms with van der Waals surface area (Å²) in [5.41, 5.74) is -0.887. The van der Waals surface area contributed by atoms with E-state index >= 15 is 0 Å². The molecule has 0 aliphatic heterocycles. The topological polar surface area (TPSA) is 209 Å². The molecule has 13 nitrogen and oxygen atoms in total. The SMILES string of the molecule is O=c1c(N=Nc2ccc(S(=O)(=O)[O-])cc2)c(CO[O-])[nH]n1-c1ccc(S(=O)(=O)[O-])cc1.[Na+].[Na+].[Na+]. The van der Waals surface area contributed by atoms with Gasteiger partial charge in [0.1, 0.15) is 20.2 Å². The number of aromatic amines is 1. The summed E-state index contributed by atoms with van der Waals surface area (Å²) >= 11 is 0. The molecule has 0 saturated carbocycles. The van der Waals surface area contributed by atoms with Crippen LogP contribution in [0.2, 0.25) is 0 Å². The number of nitrogens with zero attached hydrogens (tertiary/aromatic N) is 3. The zero-order chi connectivity index (χ0) is 22.8. The average molecular weight is 536 g/mol. The van der Waals surface area contributed by atoms with Crippen molar-refractivity contribution in [2.24, 2.45) is 10.2 Å². The van der Waals surface area contributed by atoms with Crippen LogP contribution in [0.4, 0.5) is 11.4 Å². The van der Waals surface area contributed by atoms with Gasteiger partial charge in [-0.1, -0.05) is 0 Å². The van der Waals surface area contributed by atoms with Crippen molar-refractivity contribution in [3.63, 3.8) is 0 Å². The molecule has 164 valence electrons. The summed E-state index contributed by atoms with van der Waals surface area (Å²) in [7, 11) is -9.31. The first-order valence-corrected chi connectivity index (χ1v) is 10.9. The third kappa shape index (κ3) is 8.43. The van der Waals surface area contributed by atoms with Gasteiger partial charge in [-0.05, 0) is 48.5 Å². The van der Waals surface area contributed by atoms with Gasteiger partial charge in [-0.3, -0.25) is 9.89 Å². The molecular weight excluding hydrogens is 525 g/mol. The summed E-state index contributed by atoms with van der Waals surface area (Å²) in [4.78, 5) is 15.5. The molecule has 3 aromatic rings. The van der Waals surface area contributed by atoms with Crippen LogP contribution in [0.1, 0.15) is 5.69 Å². The van der Waals surface area contributed by atoms with E-state index < -0.39 is 42.2 Å². The minimum atomic E-state index is -4.67. The van der Waals surface area contributed by atoms with Crippen molar-refractivity contribution in [3.8, 4) is 5.69 Å². The van der Waals surface area contributed by atoms with E-state index in [4.69, 9.17) is 0 Å². The fourth-order valence-electron chi connectivity index (χ4n) is 2.47. The van der Waals surface area contributed by atoms with Gasteiger partial charge in [0.25, 0.3) is 5.56 Å². The normalized spacial score (nSPS) is 11.4. The fraction of sp³-hybridized carbons (Fsp3) is 0.0625. The molecule has 34 heavy (non-hydrogen) atoms. The minimum absolute atomic E-state index is 0. The second-order valence-corrected chi connectivity index (χ2v) is 8.70. The van der Waals surface area contributed by atoms with E-state index in [0.717, 1.165) is 28.9 Å². The molecule has 0 bridgehead atoms. The molecule has 0 aliphatic carbocycles. The van der Waals surface area contributed by atoms with Gasteiger partial charge >= 0.3 is 88.7 Å². The summed E-state index contributed by atoms with van der Waals surface area (Å²) < 4.78 is 66.8. The maximum absolute atomic E-state index is 12.7. The molecule has 0 saturated heterocycles. The summed E-state index contributed by atoms with van der Waals surface area (Å²) in [5.74, 6) is 0. The van der Waals surface area contributed by atoms with Gasteiger partial charge in [-0.15, -0.1) is 5.11 Å². The second kappa shape index (κ2) is 13.9. The molecule has 0 radical (unpaired) electrons. The van der Waals surface area contributed by atoms with E-state index in [0.29, 0.717) is 0 Å². The van der Waals surface area contributed by atoms with Crippen LogP contribution in [0.25, 0.3) is 5.69 Å². The van der Waals surface area contributed by atoms with Crippen LogP contribution in [0.3, 0.4) is 0 Å². The number of rotatable bonds is 7. The van der Waals surface area contributed by atoms with E-state index in [9.17, 15) is 36.0 Å². The van der Waals surface area contributed by atoms with Crippen LogP contribution in [-0.2, 0) is 31.7 Å². The van der Waals surface area contributed by atoms with Crippen LogP contribution in [0.5, 0.6) is 0 Å². The first-order valence-electron chi connectivity index (χ1n) is 8.13. The smallest absolute Gasteiger partial charge is 0.744 e. The maximum atomic E-state index is 12.7. The van der Waals surface area contributed by atoms with Crippen LogP contribution < -0.4 is 99.5 Å². The van der Waals surface area contributed by atoms with Crippen LogP contribution in [0.15, 0.2) is 73.3 Å². The Morgan fingerprint density at radius 1 is 0.824 bits per heavy atom. The Bertz CT molecular complexity index is 1400. The zero-order valence-electron chi connectivity index (χ0n) is 18.2. The van der Waals surface area contributed by atoms with Crippen molar-refractivity contribution in [2.75, 3.05) is 0 Å². The molecule has 0 amide bonds. The molecule has 0 atom stereocenters. The predicted molar refractivity (Wildman–Crippen MR) is 97.7 cm³/mol. The Hall–Kier alpha value is -0.210. The third-order valence-electron chi connectivity index (χ3n) is 3.92. The van der Waals surface area contributed by atoms with Crippen LogP contribution in [0, 0.1) is 0 Å². The Labute approximate surface area is 259 Å². The van der Waals surface area contributed by atoms with E-state index in [1.807, 2.05) is 0 Å². The number of hydrogen-bond donors (Lipinski definition) is 1. The first kappa shape index (κ1) is 33.8. The maximum Gasteiger partial charge on any atom is 1.00 e. The van der Waals surface area contributed by atoms with Crippen LogP contribution >= 0.6 is 0 Å². The summed E-state index contributed by atoms with van der Waals surface area (Å²) in [6.45, 7) is -0.586. The molecule has 18 heteroatoms. The Kier molecular flexibility index (Phi) is 13.8. The first-order chi connectivity index (χ1) is 14.5. The largest absolute Gasteiger partial charge is 1.00 e. The number of benzene rings is 2. The van der Waals surface area contributed by atoms with E-state index in [1.165, 1.54) is 24.3 Å². The molecule has 0 fully saturated rings. The Balaban J connectivity index is 0.00000363. The van der Waals surface area contributed by atoms with E-state index in [1.54, 1.807) is 0 Å². The van der Waals surface area contributed by atoms with E-state index in [2.05, 4.69) is 20.2 Å². The third-order valence-corrected chi connectivity index (χ3v) is 5.62. The molecule has 0 aliphatic rings. The van der Waals surface area contributed by atoms with Crippen molar-refractivity contribution in [1.82, 2.24) is 9.78 Å². The molecule has 0 spiro atoms. The van der Waals surface area contributed by atoms with Gasteiger partial charge in [-0.25, -0.2) is 21.5 Å². The van der Waals surface area contributed by atoms with Gasteiger partial charge < -0.3 is 19.3 Å². The minimum Gasteiger partial charge on any atom is -0.744 e. The number of azo groups is 1. The van der Waals surface area contributed by atoms with E-state index in [-0.39, 0.29) is 111 Å². The monoisotopic (exact) mass is 536 g/mol. The quantitative estimate of drug-likeness (QED) is 0.0998. The van der Waals surface area contributed by atoms with Crippen molar-refractivity contribution in [2.45, 2.75) is 16.4 Å². The van der Waals surface area contributed by atoms with Gasteiger partial charge in [0.2, 0.25) is 0 Å². The predicted octanol–water partition coefficient (Wildman–Crippen LogP) is -8.81. The molecule has 1 heterocycles. The number of aromatic nitrogens is 2. The Morgan fingerprint density at radius 3 is 1.74 bits per heavy atom. The van der Waals surface area contributed by atoms with Gasteiger partial charge in [0.05, 0.1) is 33.5 Å². The zero-order valence-corrected chi connectivity index (χ0v) is 25.8. The van der Waals surface area contributed by atoms with Gasteiger partial charge in [0.15, 0.2) is 5.69 Å². The molecule has 1 aromatic heterocycles. The average Bonchev–Trinajstić information content (AvgIpc) is 3.01. The number of nitrogens with one attached hydrogen (secondary N) is 1. The summed E-state index contributed by atoms with van der Waals surface area (Å²) in [6.07, 6.45) is 0. The second-order valence-electron chi connectivity index (χ2n) is 5.94. The molecule has 0 unspecified atom stereocenters. The molecule has 2 aromatic carbocycles. The number of H-pyrrole nitrogens is 1. The summed E-state index contributed by atoms with van der Waals surface area (Å²) in [5, 5.41) is 20.7. The Morgan fingerprint density at radius 2 is 1.29 bits per heavy atom. The van der Waals surface area contributed by atoms with Gasteiger partial charge in [0, 0.05) is 0 Å². The fourth-order valence-corrected chi connectivity index (χ4v) is 3.41.